The van der Waals surface area contributed by atoms with Gasteiger partial charge in [0.15, 0.2) is 0 Å². The van der Waals surface area contributed by atoms with E-state index in [0.29, 0.717) is 17.0 Å². The summed E-state index contributed by atoms with van der Waals surface area (Å²) in [6.45, 7) is 6.09. The Hall–Kier alpha value is -1.64. The molecular weight excluding hydrogens is 398 g/mol. The number of carbonyl (C=O) groups excluding carboxylic acids is 1. The van der Waals surface area contributed by atoms with Gasteiger partial charge in [0.05, 0.1) is 16.4 Å². The van der Waals surface area contributed by atoms with Crippen molar-refractivity contribution in [1.82, 2.24) is 15.3 Å². The van der Waals surface area contributed by atoms with Gasteiger partial charge in [0.25, 0.3) is 5.56 Å². The highest BCUT2D eigenvalue weighted by molar-refractivity contribution is 8.00. The van der Waals surface area contributed by atoms with Crippen LogP contribution in [0.2, 0.25) is 0 Å². The Morgan fingerprint density at radius 1 is 1.37 bits per heavy atom. The van der Waals surface area contributed by atoms with E-state index in [0.717, 1.165) is 28.1 Å². The molecular formula is C19H23N3O2S3. The fourth-order valence-corrected chi connectivity index (χ4v) is 5.40. The minimum Gasteiger partial charge on any atom is -0.353 e. The molecule has 3 aromatic heterocycles. The van der Waals surface area contributed by atoms with E-state index in [-0.39, 0.29) is 22.8 Å². The summed E-state index contributed by atoms with van der Waals surface area (Å²) in [5.74, 6) is 0.987. The number of nitrogens with zero attached hydrogens (tertiary/aromatic N) is 1. The van der Waals surface area contributed by atoms with Crippen LogP contribution < -0.4 is 10.9 Å². The molecule has 5 nitrogen and oxygen atoms in total. The zero-order valence-electron chi connectivity index (χ0n) is 15.6. The summed E-state index contributed by atoms with van der Waals surface area (Å²) in [7, 11) is 0. The van der Waals surface area contributed by atoms with Crippen molar-refractivity contribution in [2.45, 2.75) is 44.9 Å². The maximum atomic E-state index is 12.7. The third-order valence-electron chi connectivity index (χ3n) is 4.23. The number of carbonyl (C=O) groups is 1. The van der Waals surface area contributed by atoms with Crippen LogP contribution in [0, 0.1) is 0 Å². The van der Waals surface area contributed by atoms with Gasteiger partial charge in [-0.05, 0) is 31.7 Å². The van der Waals surface area contributed by atoms with E-state index >= 15 is 0 Å². The van der Waals surface area contributed by atoms with Gasteiger partial charge in [-0.25, -0.2) is 4.98 Å². The van der Waals surface area contributed by atoms with E-state index < -0.39 is 0 Å². The first kappa shape index (κ1) is 20.1. The number of aromatic amines is 1. The maximum absolute atomic E-state index is 12.7. The Morgan fingerprint density at radius 2 is 2.19 bits per heavy atom. The second kappa shape index (κ2) is 9.03. The van der Waals surface area contributed by atoms with E-state index in [1.165, 1.54) is 23.1 Å². The van der Waals surface area contributed by atoms with Gasteiger partial charge < -0.3 is 10.3 Å². The molecule has 3 aromatic rings. The smallest absolute Gasteiger partial charge is 0.260 e. The molecule has 3 rings (SSSR count). The lowest BCUT2D eigenvalue weighted by Crippen LogP contribution is -2.33. The number of thioether (sulfide) groups is 1. The second-order valence-corrected chi connectivity index (χ2v) is 9.60. The number of H-pyrrole nitrogens is 1. The van der Waals surface area contributed by atoms with Gasteiger partial charge in [0, 0.05) is 21.9 Å². The molecule has 0 unspecified atom stereocenters. The molecule has 0 aromatic carbocycles. The molecule has 0 aliphatic heterocycles. The van der Waals surface area contributed by atoms with Crippen LogP contribution in [0.5, 0.6) is 0 Å². The minimum absolute atomic E-state index is 0.0207. The summed E-state index contributed by atoms with van der Waals surface area (Å²) >= 11 is 4.58. The first-order valence-corrected chi connectivity index (χ1v) is 11.8. The summed E-state index contributed by atoms with van der Waals surface area (Å²) in [4.78, 5) is 34.1. The van der Waals surface area contributed by atoms with Gasteiger partial charge in [-0.3, -0.25) is 9.59 Å². The molecule has 8 heteroatoms. The normalized spacial score (nSPS) is 13.6. The molecule has 0 aliphatic rings. The largest absolute Gasteiger partial charge is 0.353 e. The highest BCUT2D eigenvalue weighted by Gasteiger charge is 2.17. The van der Waals surface area contributed by atoms with Crippen molar-refractivity contribution in [3.63, 3.8) is 0 Å². The monoisotopic (exact) mass is 421 g/mol. The first-order chi connectivity index (χ1) is 13.0. The number of thiophene rings is 2. The van der Waals surface area contributed by atoms with Crippen LogP contribution in [0.15, 0.2) is 27.7 Å². The fourth-order valence-electron chi connectivity index (χ4n) is 2.87. The minimum atomic E-state index is -0.117. The molecule has 27 heavy (non-hydrogen) atoms. The van der Waals surface area contributed by atoms with E-state index in [1.807, 2.05) is 36.7 Å². The van der Waals surface area contributed by atoms with Crippen LogP contribution in [-0.2, 0) is 4.79 Å². The lowest BCUT2D eigenvalue weighted by Gasteiger charge is -2.14. The Bertz CT molecular complexity index is 962. The van der Waals surface area contributed by atoms with E-state index in [1.54, 1.807) is 11.3 Å². The Labute approximate surface area is 170 Å². The summed E-state index contributed by atoms with van der Waals surface area (Å²) in [6.07, 6.45) is 2.02. The Kier molecular flexibility index (Phi) is 6.73. The van der Waals surface area contributed by atoms with Gasteiger partial charge in [-0.1, -0.05) is 19.4 Å². The molecule has 2 N–H and O–H groups in total. The molecule has 0 saturated heterocycles. The van der Waals surface area contributed by atoms with Crippen LogP contribution in [0.1, 0.15) is 44.7 Å². The van der Waals surface area contributed by atoms with E-state index in [9.17, 15) is 9.59 Å². The predicted molar refractivity (Wildman–Crippen MR) is 117 cm³/mol. The Morgan fingerprint density at radius 3 is 2.89 bits per heavy atom. The molecule has 2 atom stereocenters. The molecule has 0 radical (unpaired) electrons. The van der Waals surface area contributed by atoms with Crippen molar-refractivity contribution in [3.05, 3.63) is 39.1 Å². The quantitative estimate of drug-likeness (QED) is 0.547. The van der Waals surface area contributed by atoms with Gasteiger partial charge >= 0.3 is 0 Å². The molecule has 0 saturated carbocycles. The number of fused-ring (bicyclic) bond motifs is 1. The van der Waals surface area contributed by atoms with Crippen LogP contribution in [0.4, 0.5) is 0 Å². The SMILES string of the molecule is CCC[C@H](C)NC(=O)CS[C@@H](C)c1nc2scc(-c3cccs3)c2c(=O)[nH]1. The molecule has 0 bridgehead atoms. The van der Waals surface area contributed by atoms with Crippen molar-refractivity contribution >= 4 is 50.6 Å². The third kappa shape index (κ3) is 4.80. The summed E-state index contributed by atoms with van der Waals surface area (Å²) < 4.78 is 0. The van der Waals surface area contributed by atoms with Crippen LogP contribution >= 0.6 is 34.4 Å². The van der Waals surface area contributed by atoms with Crippen LogP contribution in [-0.4, -0.2) is 27.7 Å². The van der Waals surface area contributed by atoms with Gasteiger partial charge in [-0.2, -0.15) is 0 Å². The van der Waals surface area contributed by atoms with Crippen molar-refractivity contribution < 1.29 is 4.79 Å². The van der Waals surface area contributed by atoms with Gasteiger partial charge in [0.2, 0.25) is 5.91 Å². The van der Waals surface area contributed by atoms with Crippen molar-refractivity contribution in [1.29, 1.82) is 0 Å². The second-order valence-electron chi connectivity index (χ2n) is 6.47. The molecule has 0 aliphatic carbocycles. The van der Waals surface area contributed by atoms with E-state index in [4.69, 9.17) is 0 Å². The van der Waals surface area contributed by atoms with Crippen LogP contribution in [0.3, 0.4) is 0 Å². The van der Waals surface area contributed by atoms with E-state index in [2.05, 4.69) is 22.2 Å². The summed E-state index contributed by atoms with van der Waals surface area (Å²) in [6, 6.07) is 4.18. The Balaban J connectivity index is 1.72. The summed E-state index contributed by atoms with van der Waals surface area (Å²) in [5.41, 5.74) is 0.822. The zero-order valence-corrected chi connectivity index (χ0v) is 18.0. The lowest BCUT2D eigenvalue weighted by molar-refractivity contribution is -0.119. The molecule has 3 heterocycles. The van der Waals surface area contributed by atoms with Gasteiger partial charge in [0.1, 0.15) is 10.7 Å². The van der Waals surface area contributed by atoms with Crippen molar-refractivity contribution in [3.8, 4) is 10.4 Å². The maximum Gasteiger partial charge on any atom is 0.260 e. The third-order valence-corrected chi connectivity index (χ3v) is 7.15. The highest BCUT2D eigenvalue weighted by Crippen LogP contribution is 2.34. The summed E-state index contributed by atoms with van der Waals surface area (Å²) in [5, 5.41) is 7.57. The average Bonchev–Trinajstić information content (AvgIpc) is 3.28. The standard InChI is InChI=1S/C19H23N3O2S3/c1-4-6-11(2)20-15(23)10-26-12(3)17-21-18(24)16-13(9-27-19(16)22-17)14-7-5-8-25-14/h5,7-9,11-12H,4,6,10H2,1-3H3,(H,20,23)(H,21,22,24)/t11-,12-/m0/s1. The number of amides is 1. The molecule has 1 amide bonds. The predicted octanol–water partition coefficient (Wildman–Crippen LogP) is 4.81. The van der Waals surface area contributed by atoms with Gasteiger partial charge in [-0.15, -0.1) is 34.4 Å². The number of nitrogens with one attached hydrogen (secondary N) is 2. The number of hydrogen-bond acceptors (Lipinski definition) is 6. The first-order valence-electron chi connectivity index (χ1n) is 8.95. The zero-order chi connectivity index (χ0) is 19.4. The molecule has 0 spiro atoms. The number of hydrogen-bond donors (Lipinski definition) is 2. The topological polar surface area (TPSA) is 74.8 Å². The molecule has 144 valence electrons. The molecule has 0 fully saturated rings. The number of rotatable bonds is 8. The van der Waals surface area contributed by atoms with Crippen molar-refractivity contribution in [2.24, 2.45) is 0 Å². The highest BCUT2D eigenvalue weighted by atomic mass is 32.2. The average molecular weight is 422 g/mol. The fraction of sp³-hybridized carbons (Fsp3) is 0.421. The lowest BCUT2D eigenvalue weighted by atomic mass is 10.2. The number of aromatic nitrogens is 2. The van der Waals surface area contributed by atoms with Crippen LogP contribution in [0.25, 0.3) is 20.7 Å². The van der Waals surface area contributed by atoms with Crippen molar-refractivity contribution in [2.75, 3.05) is 5.75 Å².